The Balaban J connectivity index is 1.88. The average Bonchev–Trinajstić information content (AvgIpc) is 3.33. The minimum absolute atomic E-state index is 0.122. The zero-order valence-corrected chi connectivity index (χ0v) is 19.9. The summed E-state index contributed by atoms with van der Waals surface area (Å²) in [5, 5.41) is 17.1. The zero-order valence-electron chi connectivity index (χ0n) is 19.9. The van der Waals surface area contributed by atoms with E-state index in [0.29, 0.717) is 17.7 Å². The van der Waals surface area contributed by atoms with Crippen molar-refractivity contribution < 1.29 is 28.2 Å². The molecular weight excluding hydrogens is 456 g/mol. The van der Waals surface area contributed by atoms with Crippen LogP contribution in [0.1, 0.15) is 35.2 Å². The van der Waals surface area contributed by atoms with Crippen LogP contribution in [0.3, 0.4) is 0 Å². The number of rotatable bonds is 9. The van der Waals surface area contributed by atoms with E-state index in [1.807, 2.05) is 30.0 Å². The van der Waals surface area contributed by atoms with E-state index in [2.05, 4.69) is 10.2 Å². The number of carbonyl (C=O) groups is 1. The lowest BCUT2D eigenvalue weighted by molar-refractivity contribution is -0.131. The van der Waals surface area contributed by atoms with Gasteiger partial charge in [0.1, 0.15) is 12.4 Å². The lowest BCUT2D eigenvalue weighted by Gasteiger charge is -2.45. The lowest BCUT2D eigenvalue weighted by Crippen LogP contribution is -2.52. The fourth-order valence-corrected chi connectivity index (χ4v) is 4.95. The second-order valence-corrected chi connectivity index (χ2v) is 8.98. The maximum atomic E-state index is 15.5. The monoisotopic (exact) mass is 485 g/mol. The van der Waals surface area contributed by atoms with Gasteiger partial charge >= 0.3 is 5.97 Å². The number of H-pyrrole nitrogens is 1. The highest BCUT2D eigenvalue weighted by atomic mass is 19.2. The van der Waals surface area contributed by atoms with Crippen molar-refractivity contribution in [3.05, 3.63) is 64.9 Å². The Labute approximate surface area is 202 Å². The number of halogens is 2. The topological polar surface area (TPSA) is 87.7 Å². The number of ether oxygens (including phenoxy) is 2. The summed E-state index contributed by atoms with van der Waals surface area (Å²) in [4.78, 5) is 12.9. The smallest absolute Gasteiger partial charge is 0.328 e. The summed E-state index contributed by atoms with van der Waals surface area (Å²) in [7, 11) is 2.89. The predicted molar refractivity (Wildman–Crippen MR) is 129 cm³/mol. The number of methoxy groups -OCH3 is 2. The van der Waals surface area contributed by atoms with Crippen molar-refractivity contribution in [1.82, 2.24) is 15.1 Å². The van der Waals surface area contributed by atoms with Crippen molar-refractivity contribution in [3.8, 4) is 5.75 Å². The second-order valence-electron chi connectivity index (χ2n) is 8.98. The third kappa shape index (κ3) is 4.92. The molecule has 2 N–H and O–H groups in total. The molecule has 0 saturated heterocycles. The fraction of sp³-hybridized carbons (Fsp3) is 0.385. The standard InChI is InChI=1S/C26H29F2N3O4/c1-16-10-20-18(7-8-22-21(20)12-29-30-22)25(31(16)14-26(28,13-27)15-34-2)19-6-4-17(5-9-24(32)33)11-23(19)35-3/h4-9,11-12,16,25H,10,13-15H2,1-3H3,(H,29,30)(H,32,33)/b9-5+/t16-,25+,26?/m1/s1. The summed E-state index contributed by atoms with van der Waals surface area (Å²) in [6, 6.07) is 8.76. The van der Waals surface area contributed by atoms with Crippen molar-refractivity contribution in [2.75, 3.05) is 34.0 Å². The van der Waals surface area contributed by atoms with E-state index >= 15 is 4.39 Å². The van der Waals surface area contributed by atoms with Crippen LogP contribution in [0, 0.1) is 0 Å². The van der Waals surface area contributed by atoms with E-state index in [1.54, 1.807) is 18.3 Å². The molecule has 0 fully saturated rings. The van der Waals surface area contributed by atoms with Gasteiger partial charge in [-0.25, -0.2) is 13.6 Å². The molecule has 3 atom stereocenters. The first-order chi connectivity index (χ1) is 16.8. The van der Waals surface area contributed by atoms with E-state index in [1.165, 1.54) is 20.3 Å². The quantitative estimate of drug-likeness (QED) is 0.439. The van der Waals surface area contributed by atoms with E-state index in [-0.39, 0.29) is 19.2 Å². The van der Waals surface area contributed by atoms with Crippen LogP contribution in [0.15, 0.2) is 42.6 Å². The number of carboxylic acid groups (broad SMARTS) is 1. The molecule has 1 aromatic heterocycles. The average molecular weight is 486 g/mol. The third-order valence-corrected chi connectivity index (χ3v) is 6.54. The van der Waals surface area contributed by atoms with Gasteiger partial charge in [0.2, 0.25) is 0 Å². The molecule has 7 nitrogen and oxygen atoms in total. The molecule has 35 heavy (non-hydrogen) atoms. The SMILES string of the molecule is COCC(F)(CF)CN1[C@H](c2ccc(/C=C/C(=O)O)cc2OC)c2ccc3[nH]ncc3c2C[C@H]1C. The van der Waals surface area contributed by atoms with Crippen molar-refractivity contribution in [2.45, 2.75) is 31.1 Å². The minimum atomic E-state index is -2.17. The van der Waals surface area contributed by atoms with Gasteiger partial charge in [-0.15, -0.1) is 0 Å². The molecular formula is C26H29F2N3O4. The first-order valence-electron chi connectivity index (χ1n) is 11.3. The van der Waals surface area contributed by atoms with Gasteiger partial charge in [0, 0.05) is 36.7 Å². The number of nitrogens with one attached hydrogen (secondary N) is 1. The largest absolute Gasteiger partial charge is 0.496 e. The number of hydrogen-bond donors (Lipinski definition) is 2. The maximum absolute atomic E-state index is 15.5. The number of aromatic nitrogens is 2. The Morgan fingerprint density at radius 2 is 2.09 bits per heavy atom. The van der Waals surface area contributed by atoms with E-state index < -0.39 is 24.4 Å². The zero-order chi connectivity index (χ0) is 25.2. The van der Waals surface area contributed by atoms with E-state index in [0.717, 1.165) is 33.7 Å². The Kier molecular flexibility index (Phi) is 7.18. The van der Waals surface area contributed by atoms with Gasteiger partial charge in [-0.3, -0.25) is 10.00 Å². The first kappa shape index (κ1) is 24.8. The summed E-state index contributed by atoms with van der Waals surface area (Å²) < 4.78 is 40.1. The van der Waals surface area contributed by atoms with Crippen LogP contribution >= 0.6 is 0 Å². The van der Waals surface area contributed by atoms with Crippen molar-refractivity contribution in [1.29, 1.82) is 0 Å². The van der Waals surface area contributed by atoms with Crippen LogP contribution in [0.25, 0.3) is 17.0 Å². The molecule has 2 heterocycles. The molecule has 0 bridgehead atoms. The Morgan fingerprint density at radius 1 is 1.31 bits per heavy atom. The molecule has 9 heteroatoms. The number of benzene rings is 2. The van der Waals surface area contributed by atoms with Gasteiger partial charge in [0.05, 0.1) is 31.5 Å². The summed E-state index contributed by atoms with van der Waals surface area (Å²) in [5.41, 5.74) is 2.22. The number of nitrogens with zero attached hydrogens (tertiary/aromatic N) is 2. The highest BCUT2D eigenvalue weighted by Crippen LogP contribution is 2.44. The number of alkyl halides is 2. The number of aliphatic carboxylic acids is 1. The Bertz CT molecular complexity index is 1240. The van der Waals surface area contributed by atoms with Crippen LogP contribution < -0.4 is 4.74 Å². The summed E-state index contributed by atoms with van der Waals surface area (Å²) >= 11 is 0. The van der Waals surface area contributed by atoms with Crippen LogP contribution in [-0.4, -0.2) is 71.9 Å². The summed E-state index contributed by atoms with van der Waals surface area (Å²) in [6.07, 6.45) is 4.96. The Hall–Kier alpha value is -3.30. The molecule has 186 valence electrons. The first-order valence-corrected chi connectivity index (χ1v) is 11.3. The van der Waals surface area contributed by atoms with Gasteiger partial charge in [0.15, 0.2) is 5.67 Å². The van der Waals surface area contributed by atoms with Gasteiger partial charge in [-0.2, -0.15) is 5.10 Å². The van der Waals surface area contributed by atoms with Crippen LogP contribution in [0.2, 0.25) is 0 Å². The highest BCUT2D eigenvalue weighted by Gasteiger charge is 2.42. The Morgan fingerprint density at radius 3 is 2.77 bits per heavy atom. The van der Waals surface area contributed by atoms with Gasteiger partial charge in [-0.1, -0.05) is 18.2 Å². The molecule has 4 rings (SSSR count). The minimum Gasteiger partial charge on any atom is -0.496 e. The molecule has 0 amide bonds. The van der Waals surface area contributed by atoms with Crippen molar-refractivity contribution in [3.63, 3.8) is 0 Å². The highest BCUT2D eigenvalue weighted by molar-refractivity contribution is 5.85. The molecule has 3 aromatic rings. The molecule has 0 spiro atoms. The molecule has 1 aliphatic heterocycles. The van der Waals surface area contributed by atoms with Gasteiger partial charge in [0.25, 0.3) is 0 Å². The van der Waals surface area contributed by atoms with Gasteiger partial charge < -0.3 is 14.6 Å². The van der Waals surface area contributed by atoms with Crippen molar-refractivity contribution in [2.24, 2.45) is 0 Å². The molecule has 0 radical (unpaired) electrons. The number of aromatic amines is 1. The number of fused-ring (bicyclic) bond motifs is 3. The maximum Gasteiger partial charge on any atom is 0.328 e. The van der Waals surface area contributed by atoms with Crippen LogP contribution in [0.5, 0.6) is 5.75 Å². The molecule has 0 saturated carbocycles. The molecule has 2 aromatic carbocycles. The molecule has 1 aliphatic rings. The predicted octanol–water partition coefficient (Wildman–Crippen LogP) is 4.33. The molecule has 0 aliphatic carbocycles. The van der Waals surface area contributed by atoms with E-state index in [4.69, 9.17) is 14.6 Å². The summed E-state index contributed by atoms with van der Waals surface area (Å²) in [5.74, 6) is -0.529. The number of hydrogen-bond acceptors (Lipinski definition) is 5. The fourth-order valence-electron chi connectivity index (χ4n) is 4.95. The second kappa shape index (κ2) is 10.1. The molecule has 1 unspecified atom stereocenters. The van der Waals surface area contributed by atoms with Crippen LogP contribution in [-0.2, 0) is 16.0 Å². The summed E-state index contributed by atoms with van der Waals surface area (Å²) in [6.45, 7) is 0.302. The normalized spacial score (nSPS) is 20.1. The van der Waals surface area contributed by atoms with Crippen LogP contribution in [0.4, 0.5) is 8.78 Å². The van der Waals surface area contributed by atoms with Gasteiger partial charge in [-0.05, 0) is 48.2 Å². The third-order valence-electron chi connectivity index (χ3n) is 6.54. The number of carboxylic acids is 1. The van der Waals surface area contributed by atoms with Crippen molar-refractivity contribution >= 4 is 22.9 Å². The lowest BCUT2D eigenvalue weighted by atomic mass is 9.82. The van der Waals surface area contributed by atoms with E-state index in [9.17, 15) is 9.18 Å².